The number of carbonyl (C=O) groups excluding carboxylic acids is 1. The Labute approximate surface area is 173 Å². The van der Waals surface area contributed by atoms with Gasteiger partial charge >= 0.3 is 0 Å². The monoisotopic (exact) mass is 416 g/mol. The summed E-state index contributed by atoms with van der Waals surface area (Å²) in [6.45, 7) is 3.84. The molecule has 3 heterocycles. The summed E-state index contributed by atoms with van der Waals surface area (Å²) in [6.07, 6.45) is 5.71. The average molecular weight is 417 g/mol. The number of rotatable bonds is 6. The highest BCUT2D eigenvalue weighted by Gasteiger charge is 2.72. The van der Waals surface area contributed by atoms with Crippen molar-refractivity contribution in [2.75, 3.05) is 50.6 Å². The van der Waals surface area contributed by atoms with Crippen LogP contribution in [0.3, 0.4) is 0 Å². The maximum Gasteiger partial charge on any atom is 0.232 e. The topological polar surface area (TPSA) is 92.7 Å². The van der Waals surface area contributed by atoms with Gasteiger partial charge in [0, 0.05) is 33.3 Å². The SMILES string of the molecule is COC12CC(C(=O)Nc3nc(Oc4cnc(N5CCN(C)CC5)nc4)cs3)(C1)C2. The molecule has 1 saturated heterocycles. The van der Waals surface area contributed by atoms with E-state index in [9.17, 15) is 4.79 Å². The molecule has 1 N–H and O–H groups in total. The van der Waals surface area contributed by atoms with E-state index in [1.54, 1.807) is 24.9 Å². The molecule has 2 bridgehead atoms. The average Bonchev–Trinajstić information content (AvgIpc) is 3.08. The van der Waals surface area contributed by atoms with Gasteiger partial charge in [0.2, 0.25) is 17.7 Å². The number of thiazole rings is 1. The zero-order chi connectivity index (χ0) is 20.1. The molecule has 4 aliphatic rings. The number of amides is 1. The van der Waals surface area contributed by atoms with Gasteiger partial charge in [0.1, 0.15) is 0 Å². The lowest BCUT2D eigenvalue weighted by Gasteiger charge is -2.67. The van der Waals surface area contributed by atoms with E-state index in [0.717, 1.165) is 45.4 Å². The van der Waals surface area contributed by atoms with Crippen molar-refractivity contribution in [1.82, 2.24) is 19.9 Å². The maximum atomic E-state index is 12.5. The first-order valence-corrected chi connectivity index (χ1v) is 10.6. The van der Waals surface area contributed by atoms with Crippen LogP contribution in [-0.2, 0) is 9.53 Å². The van der Waals surface area contributed by atoms with E-state index in [1.807, 2.05) is 0 Å². The number of nitrogens with zero attached hydrogens (tertiary/aromatic N) is 5. The predicted octanol–water partition coefficient (Wildman–Crippen LogP) is 1.98. The quantitative estimate of drug-likeness (QED) is 0.764. The van der Waals surface area contributed by atoms with Crippen molar-refractivity contribution in [3.05, 3.63) is 17.8 Å². The second-order valence-electron chi connectivity index (χ2n) is 8.25. The third-order valence-electron chi connectivity index (χ3n) is 6.22. The first kappa shape index (κ1) is 18.7. The first-order chi connectivity index (χ1) is 14.0. The number of methoxy groups -OCH3 is 1. The minimum absolute atomic E-state index is 0.0252. The van der Waals surface area contributed by atoms with Crippen molar-refractivity contribution in [3.8, 4) is 11.6 Å². The molecule has 1 amide bonds. The van der Waals surface area contributed by atoms with Gasteiger partial charge in [-0.25, -0.2) is 9.97 Å². The van der Waals surface area contributed by atoms with Crippen molar-refractivity contribution < 1.29 is 14.3 Å². The van der Waals surface area contributed by atoms with Crippen molar-refractivity contribution in [2.45, 2.75) is 24.9 Å². The second kappa shape index (κ2) is 6.89. The molecule has 1 aliphatic heterocycles. The van der Waals surface area contributed by atoms with Crippen LogP contribution in [0.4, 0.5) is 11.1 Å². The fourth-order valence-electron chi connectivity index (χ4n) is 4.40. The summed E-state index contributed by atoms with van der Waals surface area (Å²) in [5.74, 6) is 1.68. The standard InChI is InChI=1S/C19H24N6O3S/c1-24-3-5-25(6-4-24)16-20-7-13(8-21-16)28-14-9-29-17(22-14)23-15(26)18-10-19(11-18,12-18)27-2/h7-9H,3-6,10-12H2,1-2H3,(H,22,23,26). The number of anilines is 2. The zero-order valence-corrected chi connectivity index (χ0v) is 17.4. The second-order valence-corrected chi connectivity index (χ2v) is 9.11. The van der Waals surface area contributed by atoms with Gasteiger partial charge in [-0.3, -0.25) is 4.79 Å². The molecule has 3 saturated carbocycles. The molecule has 4 fully saturated rings. The molecule has 2 aromatic heterocycles. The molecule has 9 nitrogen and oxygen atoms in total. The van der Waals surface area contributed by atoms with E-state index in [0.29, 0.717) is 22.7 Å². The largest absolute Gasteiger partial charge is 0.435 e. The van der Waals surface area contributed by atoms with Gasteiger partial charge in [0.25, 0.3) is 0 Å². The van der Waals surface area contributed by atoms with Gasteiger partial charge in [0.15, 0.2) is 10.9 Å². The summed E-state index contributed by atoms with van der Waals surface area (Å²) in [5, 5.41) is 5.22. The molecular weight excluding hydrogens is 392 g/mol. The van der Waals surface area contributed by atoms with Crippen LogP contribution in [-0.4, -0.2) is 71.7 Å². The number of aromatic nitrogens is 3. The summed E-state index contributed by atoms with van der Waals surface area (Å²) < 4.78 is 11.2. The Bertz CT molecular complexity index is 889. The smallest absolute Gasteiger partial charge is 0.232 e. The molecule has 10 heteroatoms. The van der Waals surface area contributed by atoms with Crippen LogP contribution in [0.5, 0.6) is 11.6 Å². The molecule has 0 spiro atoms. The van der Waals surface area contributed by atoms with E-state index in [2.05, 4.69) is 37.1 Å². The molecule has 0 radical (unpaired) electrons. The number of carbonyl (C=O) groups is 1. The zero-order valence-electron chi connectivity index (χ0n) is 16.6. The van der Waals surface area contributed by atoms with Gasteiger partial charge in [-0.1, -0.05) is 0 Å². The number of hydrogen-bond acceptors (Lipinski definition) is 9. The van der Waals surface area contributed by atoms with Crippen LogP contribution < -0.4 is 15.0 Å². The van der Waals surface area contributed by atoms with Crippen molar-refractivity contribution in [2.24, 2.45) is 5.41 Å². The molecule has 154 valence electrons. The highest BCUT2D eigenvalue weighted by Crippen LogP contribution is 2.69. The Kier molecular flexibility index (Phi) is 4.45. The third-order valence-corrected chi connectivity index (χ3v) is 6.96. The third kappa shape index (κ3) is 3.34. The molecule has 0 aromatic carbocycles. The van der Waals surface area contributed by atoms with Gasteiger partial charge in [-0.15, -0.1) is 11.3 Å². The molecule has 3 aliphatic carbocycles. The number of nitrogens with one attached hydrogen (secondary N) is 1. The van der Waals surface area contributed by atoms with Crippen LogP contribution in [0.2, 0.25) is 0 Å². The van der Waals surface area contributed by atoms with Crippen molar-refractivity contribution in [1.29, 1.82) is 0 Å². The Morgan fingerprint density at radius 1 is 1.17 bits per heavy atom. The Morgan fingerprint density at radius 3 is 2.52 bits per heavy atom. The lowest BCUT2D eigenvalue weighted by Crippen LogP contribution is -2.72. The van der Waals surface area contributed by atoms with E-state index < -0.39 is 0 Å². The van der Waals surface area contributed by atoms with Crippen molar-refractivity contribution in [3.63, 3.8) is 0 Å². The van der Waals surface area contributed by atoms with Gasteiger partial charge in [-0.05, 0) is 26.3 Å². The maximum absolute atomic E-state index is 12.5. The fourth-order valence-corrected chi connectivity index (χ4v) is 5.01. The number of hydrogen-bond donors (Lipinski definition) is 1. The minimum Gasteiger partial charge on any atom is -0.435 e. The summed E-state index contributed by atoms with van der Waals surface area (Å²) in [5.41, 5.74) is -0.319. The van der Waals surface area contributed by atoms with E-state index in [1.165, 1.54) is 11.3 Å². The Balaban J connectivity index is 1.16. The van der Waals surface area contributed by atoms with E-state index >= 15 is 0 Å². The van der Waals surface area contributed by atoms with Crippen molar-refractivity contribution >= 4 is 28.3 Å². The summed E-state index contributed by atoms with van der Waals surface area (Å²) in [7, 11) is 3.83. The highest BCUT2D eigenvalue weighted by atomic mass is 32.1. The summed E-state index contributed by atoms with van der Waals surface area (Å²) in [4.78, 5) is 30.2. The van der Waals surface area contributed by atoms with Crippen LogP contribution in [0.25, 0.3) is 0 Å². The van der Waals surface area contributed by atoms with Gasteiger partial charge in [-0.2, -0.15) is 4.98 Å². The summed E-state index contributed by atoms with van der Waals surface area (Å²) in [6, 6.07) is 0. The normalized spacial score (nSPS) is 28.4. The molecule has 0 unspecified atom stereocenters. The van der Waals surface area contributed by atoms with Crippen LogP contribution >= 0.6 is 11.3 Å². The molecule has 6 rings (SSSR count). The molecule has 0 atom stereocenters. The van der Waals surface area contributed by atoms with Crippen LogP contribution in [0.1, 0.15) is 19.3 Å². The Hall–Kier alpha value is -2.30. The first-order valence-electron chi connectivity index (χ1n) is 9.75. The minimum atomic E-state index is -0.268. The highest BCUT2D eigenvalue weighted by molar-refractivity contribution is 7.14. The van der Waals surface area contributed by atoms with Gasteiger partial charge < -0.3 is 24.6 Å². The lowest BCUT2D eigenvalue weighted by molar-refractivity contribution is -0.260. The number of likely N-dealkylation sites (N-methyl/N-ethyl adjacent to an activating group) is 1. The predicted molar refractivity (Wildman–Crippen MR) is 109 cm³/mol. The van der Waals surface area contributed by atoms with Crippen LogP contribution in [0, 0.1) is 5.41 Å². The molecule has 29 heavy (non-hydrogen) atoms. The lowest BCUT2D eigenvalue weighted by atomic mass is 9.41. The van der Waals surface area contributed by atoms with E-state index in [4.69, 9.17) is 9.47 Å². The summed E-state index contributed by atoms with van der Waals surface area (Å²) >= 11 is 1.34. The Morgan fingerprint density at radius 2 is 1.86 bits per heavy atom. The fraction of sp³-hybridized carbons (Fsp3) is 0.579. The number of piperazine rings is 1. The molecular formula is C19H24N6O3S. The van der Waals surface area contributed by atoms with Crippen LogP contribution in [0.15, 0.2) is 17.8 Å². The number of ether oxygens (including phenoxy) is 2. The molecule has 2 aromatic rings. The van der Waals surface area contributed by atoms with E-state index in [-0.39, 0.29) is 16.9 Å². The van der Waals surface area contributed by atoms with Gasteiger partial charge in [0.05, 0.1) is 28.8 Å².